The smallest absolute Gasteiger partial charge is 0.341 e. The zero-order valence-electron chi connectivity index (χ0n) is 19.1. The van der Waals surface area contributed by atoms with E-state index >= 15 is 0 Å². The first-order chi connectivity index (χ1) is 16.2. The first-order valence-corrected chi connectivity index (χ1v) is 11.9. The molecule has 0 spiro atoms. The van der Waals surface area contributed by atoms with Crippen LogP contribution < -0.4 is 21.5 Å². The van der Waals surface area contributed by atoms with Crippen molar-refractivity contribution in [3.8, 4) is 0 Å². The van der Waals surface area contributed by atoms with E-state index in [-0.39, 0.29) is 12.2 Å². The Morgan fingerprint density at radius 2 is 1.94 bits per heavy atom. The number of allylic oxidation sites excluding steroid dienone is 1. The largest absolute Gasteiger partial charge is 0.462 e. The van der Waals surface area contributed by atoms with Gasteiger partial charge in [-0.3, -0.25) is 9.59 Å². The van der Waals surface area contributed by atoms with Gasteiger partial charge in [0.1, 0.15) is 5.00 Å². The van der Waals surface area contributed by atoms with Crippen molar-refractivity contribution in [1.29, 1.82) is 0 Å². The average molecular weight is 497 g/mol. The second kappa shape index (κ2) is 9.40. The van der Waals surface area contributed by atoms with Crippen LogP contribution in [0.4, 0.5) is 5.00 Å². The Kier molecular flexibility index (Phi) is 6.54. The van der Waals surface area contributed by atoms with Gasteiger partial charge in [-0.2, -0.15) is 0 Å². The molecule has 1 aliphatic rings. The van der Waals surface area contributed by atoms with Crippen LogP contribution in [0.5, 0.6) is 0 Å². The highest BCUT2D eigenvalue weighted by Gasteiger charge is 2.33. The van der Waals surface area contributed by atoms with Gasteiger partial charge in [0.2, 0.25) is 0 Å². The Balaban J connectivity index is 1.76. The number of benzene rings is 1. The van der Waals surface area contributed by atoms with Crippen molar-refractivity contribution in [2.45, 2.75) is 33.7 Å². The van der Waals surface area contributed by atoms with Gasteiger partial charge in [0, 0.05) is 21.7 Å². The fourth-order valence-electron chi connectivity index (χ4n) is 3.94. The zero-order valence-corrected chi connectivity index (χ0v) is 20.8. The Hall–Kier alpha value is -3.50. The summed E-state index contributed by atoms with van der Waals surface area (Å²) < 4.78 is 5.19. The molecule has 1 aliphatic heterocycles. The maximum atomic E-state index is 13.5. The van der Waals surface area contributed by atoms with E-state index in [2.05, 4.69) is 20.9 Å². The highest BCUT2D eigenvalue weighted by Crippen LogP contribution is 2.35. The van der Waals surface area contributed by atoms with E-state index in [4.69, 9.17) is 17.0 Å². The Labute approximate surface area is 205 Å². The van der Waals surface area contributed by atoms with Crippen LogP contribution in [-0.4, -0.2) is 28.6 Å². The number of hydrogen-bond donors (Lipinski definition) is 4. The van der Waals surface area contributed by atoms with Gasteiger partial charge in [0.15, 0.2) is 5.11 Å². The molecule has 0 bridgehead atoms. The molecule has 0 aliphatic carbocycles. The summed E-state index contributed by atoms with van der Waals surface area (Å²) in [6, 6.07) is 8.38. The fourth-order valence-corrected chi connectivity index (χ4v) is 5.26. The molecule has 4 N–H and O–H groups in total. The number of aromatic nitrogens is 1. The van der Waals surface area contributed by atoms with E-state index in [1.165, 1.54) is 11.3 Å². The van der Waals surface area contributed by atoms with Gasteiger partial charge in [-0.25, -0.2) is 4.79 Å². The van der Waals surface area contributed by atoms with E-state index in [0.717, 1.165) is 15.8 Å². The maximum absolute atomic E-state index is 13.5. The second-order valence-electron chi connectivity index (χ2n) is 7.87. The molecule has 34 heavy (non-hydrogen) atoms. The number of para-hydroxylation sites is 1. The normalized spacial score (nSPS) is 15.6. The molecule has 3 aromatic rings. The summed E-state index contributed by atoms with van der Waals surface area (Å²) in [4.78, 5) is 42.8. The SMILES string of the molecule is CCOC(=O)c1c(NC(=O)C2=C(C)NC(=S)N[C@H]2c2cc3ccccc3[nH]c2=O)sc(C)c1C. The Morgan fingerprint density at radius 1 is 1.21 bits per heavy atom. The third kappa shape index (κ3) is 4.34. The first kappa shape index (κ1) is 23.7. The second-order valence-corrected chi connectivity index (χ2v) is 9.51. The summed E-state index contributed by atoms with van der Waals surface area (Å²) in [6.07, 6.45) is 0. The summed E-state index contributed by atoms with van der Waals surface area (Å²) in [5, 5.41) is 10.4. The van der Waals surface area contributed by atoms with E-state index in [1.807, 2.05) is 38.1 Å². The molecule has 1 atom stereocenters. The molecule has 2 aromatic heterocycles. The molecular formula is C24H24N4O4S2. The maximum Gasteiger partial charge on any atom is 0.341 e. The lowest BCUT2D eigenvalue weighted by molar-refractivity contribution is -0.113. The van der Waals surface area contributed by atoms with Crippen molar-refractivity contribution < 1.29 is 14.3 Å². The summed E-state index contributed by atoms with van der Waals surface area (Å²) >= 11 is 6.61. The number of anilines is 1. The van der Waals surface area contributed by atoms with Crippen molar-refractivity contribution in [3.63, 3.8) is 0 Å². The van der Waals surface area contributed by atoms with Crippen LogP contribution in [0.2, 0.25) is 0 Å². The van der Waals surface area contributed by atoms with Crippen LogP contribution in [0.25, 0.3) is 10.9 Å². The number of rotatable bonds is 5. The predicted molar refractivity (Wildman–Crippen MR) is 137 cm³/mol. The highest BCUT2D eigenvalue weighted by atomic mass is 32.1. The minimum atomic E-state index is -0.782. The minimum absolute atomic E-state index is 0.225. The van der Waals surface area contributed by atoms with Crippen molar-refractivity contribution in [2.75, 3.05) is 11.9 Å². The molecule has 10 heteroatoms. The predicted octanol–water partition coefficient (Wildman–Crippen LogP) is 3.81. The van der Waals surface area contributed by atoms with Crippen LogP contribution in [0.3, 0.4) is 0 Å². The summed E-state index contributed by atoms with van der Waals surface area (Å²) in [5.74, 6) is -0.946. The van der Waals surface area contributed by atoms with E-state index in [0.29, 0.717) is 38.0 Å². The number of thiocarbonyl (C=S) groups is 1. The van der Waals surface area contributed by atoms with E-state index < -0.39 is 17.9 Å². The third-order valence-corrected chi connectivity index (χ3v) is 7.04. The average Bonchev–Trinajstić information content (AvgIpc) is 3.05. The fraction of sp³-hybridized carbons (Fsp3) is 0.250. The standard InChI is InChI=1S/C24H24N4O4S2/c1-5-32-23(31)17-11(2)13(4)34-22(17)28-21(30)18-12(3)25-24(33)27-19(18)15-10-14-8-6-7-9-16(14)26-20(15)29/h6-10,19H,5H2,1-4H3,(H,26,29)(H,28,30)(H2,25,27,33)/t19-/m0/s1. The number of carbonyl (C=O) groups is 2. The quantitative estimate of drug-likeness (QED) is 0.314. The van der Waals surface area contributed by atoms with Gasteiger partial charge < -0.3 is 25.7 Å². The number of fused-ring (bicyclic) bond motifs is 1. The molecule has 0 saturated heterocycles. The lowest BCUT2D eigenvalue weighted by Crippen LogP contribution is -2.47. The monoisotopic (exact) mass is 496 g/mol. The molecule has 4 rings (SSSR count). The number of aryl methyl sites for hydroxylation is 1. The number of nitrogens with one attached hydrogen (secondary N) is 4. The molecule has 0 radical (unpaired) electrons. The molecule has 3 heterocycles. The number of hydrogen-bond acceptors (Lipinski definition) is 6. The van der Waals surface area contributed by atoms with Crippen LogP contribution in [-0.2, 0) is 9.53 Å². The Bertz CT molecular complexity index is 1420. The number of pyridine rings is 1. The van der Waals surface area contributed by atoms with Crippen LogP contribution in [0.15, 0.2) is 46.4 Å². The number of amides is 1. The number of ether oxygens (including phenoxy) is 1. The van der Waals surface area contributed by atoms with Crippen molar-refractivity contribution >= 4 is 56.4 Å². The number of carbonyl (C=O) groups excluding carboxylic acids is 2. The van der Waals surface area contributed by atoms with Crippen LogP contribution >= 0.6 is 23.6 Å². The van der Waals surface area contributed by atoms with Crippen molar-refractivity contribution in [3.05, 3.63) is 73.5 Å². The topological polar surface area (TPSA) is 112 Å². The summed E-state index contributed by atoms with van der Waals surface area (Å²) in [5.41, 5.74) is 2.64. The lowest BCUT2D eigenvalue weighted by Gasteiger charge is -2.30. The van der Waals surface area contributed by atoms with Crippen LogP contribution in [0.1, 0.15) is 46.3 Å². The number of esters is 1. The molecule has 0 fully saturated rings. The molecule has 8 nitrogen and oxygen atoms in total. The number of thiophene rings is 1. The van der Waals surface area contributed by atoms with Gasteiger partial charge in [0.25, 0.3) is 11.5 Å². The lowest BCUT2D eigenvalue weighted by atomic mass is 9.95. The first-order valence-electron chi connectivity index (χ1n) is 10.7. The van der Waals surface area contributed by atoms with Gasteiger partial charge in [0.05, 0.1) is 23.8 Å². The molecular weight excluding hydrogens is 472 g/mol. The van der Waals surface area contributed by atoms with E-state index in [1.54, 1.807) is 19.9 Å². The molecule has 176 valence electrons. The van der Waals surface area contributed by atoms with Gasteiger partial charge in [-0.15, -0.1) is 11.3 Å². The zero-order chi connectivity index (χ0) is 24.6. The minimum Gasteiger partial charge on any atom is -0.462 e. The molecule has 1 aromatic carbocycles. The summed E-state index contributed by atoms with van der Waals surface area (Å²) in [6.45, 7) is 7.37. The van der Waals surface area contributed by atoms with Gasteiger partial charge >= 0.3 is 5.97 Å². The molecule has 0 unspecified atom stereocenters. The van der Waals surface area contributed by atoms with E-state index in [9.17, 15) is 14.4 Å². The number of H-pyrrole nitrogens is 1. The number of aromatic amines is 1. The van der Waals surface area contributed by atoms with Gasteiger partial charge in [-0.05, 0) is 63.0 Å². The molecule has 1 amide bonds. The summed E-state index contributed by atoms with van der Waals surface area (Å²) in [7, 11) is 0. The van der Waals surface area contributed by atoms with Crippen LogP contribution in [0, 0.1) is 13.8 Å². The third-order valence-electron chi connectivity index (χ3n) is 5.70. The van der Waals surface area contributed by atoms with Crippen molar-refractivity contribution in [1.82, 2.24) is 15.6 Å². The van der Waals surface area contributed by atoms with Crippen molar-refractivity contribution in [2.24, 2.45) is 0 Å². The van der Waals surface area contributed by atoms with Gasteiger partial charge in [-0.1, -0.05) is 18.2 Å². The highest BCUT2D eigenvalue weighted by molar-refractivity contribution is 7.80. The Morgan fingerprint density at radius 3 is 2.68 bits per heavy atom. The molecule has 0 saturated carbocycles.